The van der Waals surface area contributed by atoms with Crippen LogP contribution in [0.4, 0.5) is 17.1 Å². The van der Waals surface area contributed by atoms with Crippen LogP contribution in [0.3, 0.4) is 0 Å². The van der Waals surface area contributed by atoms with E-state index < -0.39 is 22.5 Å². The molecule has 2 heterocycles. The summed E-state index contributed by atoms with van der Waals surface area (Å²) in [5, 5.41) is 16.6. The fraction of sp³-hybridized carbons (Fsp3) is 0.409. The predicted molar refractivity (Wildman–Crippen MR) is 120 cm³/mol. The van der Waals surface area contributed by atoms with E-state index >= 15 is 0 Å². The molecule has 10 nitrogen and oxygen atoms in total. The highest BCUT2D eigenvalue weighted by molar-refractivity contribution is 5.97. The third-order valence-corrected chi connectivity index (χ3v) is 6.12. The maximum Gasteiger partial charge on any atom is 0.275 e. The van der Waals surface area contributed by atoms with Crippen LogP contribution in [0.15, 0.2) is 28.2 Å². The van der Waals surface area contributed by atoms with Gasteiger partial charge in [0.15, 0.2) is 11.4 Å². The van der Waals surface area contributed by atoms with E-state index in [1.807, 2.05) is 11.6 Å². The first-order chi connectivity index (χ1) is 15.0. The molecule has 1 aliphatic rings. The van der Waals surface area contributed by atoms with Crippen molar-refractivity contribution in [3.05, 3.63) is 56.1 Å². The number of nitrogens with one attached hydrogen (secondary N) is 2. The Labute approximate surface area is 184 Å². The second-order valence-corrected chi connectivity index (χ2v) is 9.04. The van der Waals surface area contributed by atoms with Gasteiger partial charge in [-0.25, -0.2) is 9.97 Å². The standard InChI is InChI=1S/C22H26N6O4/c1-22(2)8-6-11-16(28(5)10-24-11)20(22)26-14-13(18(30)19(14)31)25-12-7-9-23-15(17(12)29)21(32)27(3)4/h7,9-10,20,26,29H,6,8H2,1-5H3,(H,23,25). The summed E-state index contributed by atoms with van der Waals surface area (Å²) in [6.45, 7) is 4.21. The summed E-state index contributed by atoms with van der Waals surface area (Å²) in [7, 11) is 4.99. The normalized spacial score (nSPS) is 17.1. The van der Waals surface area contributed by atoms with Crippen LogP contribution in [0.5, 0.6) is 5.75 Å². The molecule has 1 unspecified atom stereocenters. The average molecular weight is 438 g/mol. The number of aromatic hydroxyl groups is 1. The van der Waals surface area contributed by atoms with E-state index in [1.54, 1.807) is 20.4 Å². The van der Waals surface area contributed by atoms with Gasteiger partial charge in [-0.1, -0.05) is 13.8 Å². The van der Waals surface area contributed by atoms with Crippen LogP contribution in [0.1, 0.15) is 48.2 Å². The molecule has 0 saturated heterocycles. The molecule has 0 saturated carbocycles. The molecule has 168 valence electrons. The van der Waals surface area contributed by atoms with Gasteiger partial charge in [-0.05, 0) is 24.3 Å². The first-order valence-electron chi connectivity index (χ1n) is 10.3. The summed E-state index contributed by atoms with van der Waals surface area (Å²) in [6, 6.07) is 1.20. The number of aromatic nitrogens is 3. The largest absolute Gasteiger partial charge is 0.504 e. The third-order valence-electron chi connectivity index (χ3n) is 6.12. The summed E-state index contributed by atoms with van der Waals surface area (Å²) in [4.78, 5) is 46.8. The number of hydrogen-bond acceptors (Lipinski definition) is 8. The van der Waals surface area contributed by atoms with Crippen LogP contribution >= 0.6 is 0 Å². The Balaban J connectivity index is 1.69. The summed E-state index contributed by atoms with van der Waals surface area (Å²) < 4.78 is 1.93. The zero-order valence-electron chi connectivity index (χ0n) is 18.7. The summed E-state index contributed by atoms with van der Waals surface area (Å²) in [5.41, 5.74) is 0.595. The van der Waals surface area contributed by atoms with Crippen LogP contribution in [0.2, 0.25) is 0 Å². The first-order valence-corrected chi connectivity index (χ1v) is 10.3. The lowest BCUT2D eigenvalue weighted by atomic mass is 9.73. The van der Waals surface area contributed by atoms with Crippen molar-refractivity contribution in [3.8, 4) is 5.75 Å². The maximum absolute atomic E-state index is 12.5. The fourth-order valence-electron chi connectivity index (χ4n) is 4.12. The number of hydrogen-bond donors (Lipinski definition) is 3. The van der Waals surface area contributed by atoms with Crippen molar-refractivity contribution in [3.63, 3.8) is 0 Å². The van der Waals surface area contributed by atoms with Crippen molar-refractivity contribution in [2.75, 3.05) is 24.7 Å². The van der Waals surface area contributed by atoms with E-state index in [0.29, 0.717) is 0 Å². The number of imidazole rings is 1. The minimum atomic E-state index is -0.692. The van der Waals surface area contributed by atoms with Crippen LogP contribution in [0.25, 0.3) is 0 Å². The third kappa shape index (κ3) is 3.31. The van der Waals surface area contributed by atoms with Crippen molar-refractivity contribution in [1.29, 1.82) is 0 Å². The Morgan fingerprint density at radius 2 is 1.91 bits per heavy atom. The number of anilines is 3. The Kier molecular flexibility index (Phi) is 5.03. The highest BCUT2D eigenvalue weighted by Gasteiger charge is 2.40. The van der Waals surface area contributed by atoms with Gasteiger partial charge in [0.25, 0.3) is 16.8 Å². The quantitative estimate of drug-likeness (QED) is 0.513. The predicted octanol–water partition coefficient (Wildman–Crippen LogP) is 1.69. The highest BCUT2D eigenvalue weighted by Crippen LogP contribution is 2.45. The van der Waals surface area contributed by atoms with E-state index in [0.717, 1.165) is 24.2 Å². The lowest BCUT2D eigenvalue weighted by Crippen LogP contribution is -2.42. The molecule has 1 aliphatic carbocycles. The van der Waals surface area contributed by atoms with Crippen LogP contribution < -0.4 is 21.5 Å². The van der Waals surface area contributed by atoms with Gasteiger partial charge in [-0.3, -0.25) is 14.4 Å². The topological polar surface area (TPSA) is 129 Å². The van der Waals surface area contributed by atoms with E-state index in [1.165, 1.54) is 17.2 Å². The molecular formula is C22H26N6O4. The molecule has 3 N–H and O–H groups in total. The molecule has 3 aromatic rings. The number of carbonyl (C=O) groups is 1. The molecule has 10 heteroatoms. The molecule has 0 fully saturated rings. The minimum absolute atomic E-state index is 0.0462. The van der Waals surface area contributed by atoms with Crippen molar-refractivity contribution in [1.82, 2.24) is 19.4 Å². The van der Waals surface area contributed by atoms with Gasteiger partial charge in [0.05, 0.1) is 29.4 Å². The fourth-order valence-corrected chi connectivity index (χ4v) is 4.12. The van der Waals surface area contributed by atoms with E-state index in [-0.39, 0.29) is 34.2 Å². The second-order valence-electron chi connectivity index (χ2n) is 9.04. The molecule has 1 amide bonds. The number of pyridine rings is 1. The van der Waals surface area contributed by atoms with Gasteiger partial charge in [-0.2, -0.15) is 0 Å². The molecule has 1 atom stereocenters. The van der Waals surface area contributed by atoms with Gasteiger partial charge in [0.1, 0.15) is 11.4 Å². The molecule has 0 spiro atoms. The van der Waals surface area contributed by atoms with Crippen molar-refractivity contribution < 1.29 is 9.90 Å². The average Bonchev–Trinajstić information content (AvgIpc) is 3.12. The van der Waals surface area contributed by atoms with Gasteiger partial charge < -0.3 is 25.2 Å². The van der Waals surface area contributed by atoms with Gasteiger partial charge >= 0.3 is 0 Å². The monoisotopic (exact) mass is 438 g/mol. The van der Waals surface area contributed by atoms with Crippen molar-refractivity contribution in [2.24, 2.45) is 12.5 Å². The van der Waals surface area contributed by atoms with E-state index in [9.17, 15) is 19.5 Å². The number of nitrogens with zero attached hydrogens (tertiary/aromatic N) is 4. The summed E-state index contributed by atoms with van der Waals surface area (Å²) in [5.74, 6) is -0.876. The minimum Gasteiger partial charge on any atom is -0.504 e. The lowest BCUT2D eigenvalue weighted by molar-refractivity contribution is 0.0819. The lowest BCUT2D eigenvalue weighted by Gasteiger charge is -2.40. The SMILES string of the molecule is CN(C)C(=O)c1nccc(Nc2c(NC3c4c(ncn4C)CCC3(C)C)c(=O)c2=O)c1O. The Bertz CT molecular complexity index is 1280. The molecule has 2 aromatic heterocycles. The first kappa shape index (κ1) is 21.5. The highest BCUT2D eigenvalue weighted by atomic mass is 16.3. The van der Waals surface area contributed by atoms with Crippen molar-refractivity contribution in [2.45, 2.75) is 32.7 Å². The maximum atomic E-state index is 12.5. The smallest absolute Gasteiger partial charge is 0.275 e. The zero-order valence-corrected chi connectivity index (χ0v) is 18.7. The Morgan fingerprint density at radius 3 is 2.59 bits per heavy atom. The molecule has 1 aromatic carbocycles. The number of carbonyl (C=O) groups excluding carboxylic acids is 1. The summed E-state index contributed by atoms with van der Waals surface area (Å²) >= 11 is 0. The number of rotatable bonds is 5. The number of amides is 1. The van der Waals surface area contributed by atoms with Crippen LogP contribution in [-0.2, 0) is 13.5 Å². The summed E-state index contributed by atoms with van der Waals surface area (Å²) in [6.07, 6.45) is 4.81. The zero-order chi connectivity index (χ0) is 23.4. The van der Waals surface area contributed by atoms with Crippen molar-refractivity contribution >= 4 is 23.0 Å². The molecule has 4 rings (SSSR count). The van der Waals surface area contributed by atoms with Gasteiger partial charge in [-0.15, -0.1) is 0 Å². The van der Waals surface area contributed by atoms with Gasteiger partial charge in [0.2, 0.25) is 0 Å². The molecular weight excluding hydrogens is 412 g/mol. The molecule has 32 heavy (non-hydrogen) atoms. The Hall–Kier alpha value is -3.69. The van der Waals surface area contributed by atoms with E-state index in [2.05, 4.69) is 34.4 Å². The van der Waals surface area contributed by atoms with Gasteiger partial charge in [0, 0.05) is 27.3 Å². The van der Waals surface area contributed by atoms with Crippen LogP contribution in [0, 0.1) is 5.41 Å². The number of aryl methyl sites for hydroxylation is 2. The molecule has 0 bridgehead atoms. The molecule has 0 radical (unpaired) electrons. The van der Waals surface area contributed by atoms with Crippen LogP contribution in [-0.4, -0.2) is 44.5 Å². The Morgan fingerprint density at radius 1 is 1.22 bits per heavy atom. The molecule has 0 aliphatic heterocycles. The van der Waals surface area contributed by atoms with E-state index in [4.69, 9.17) is 0 Å². The second kappa shape index (κ2) is 7.47. The number of fused-ring (bicyclic) bond motifs is 1.